The number of hydrogen-bond donors (Lipinski definition) is 0. The van der Waals surface area contributed by atoms with Gasteiger partial charge in [0.1, 0.15) is 0 Å². The molecule has 4 nitrogen and oxygen atoms in total. The maximum atomic E-state index is 11.5. The Bertz CT molecular complexity index is 835. The molecular formula is C19H18N2O2. The van der Waals surface area contributed by atoms with E-state index in [-0.39, 0.29) is 5.97 Å². The lowest BCUT2D eigenvalue weighted by Gasteiger charge is -2.03. The minimum Gasteiger partial charge on any atom is -0.463 e. The van der Waals surface area contributed by atoms with Crippen molar-refractivity contribution in [3.63, 3.8) is 0 Å². The van der Waals surface area contributed by atoms with E-state index in [1.807, 2.05) is 47.1 Å². The summed E-state index contributed by atoms with van der Waals surface area (Å²) < 4.78 is 6.87. The molecule has 0 saturated carbocycles. The third-order valence-electron chi connectivity index (χ3n) is 3.53. The molecular weight excluding hydrogens is 288 g/mol. The van der Waals surface area contributed by atoms with Crippen LogP contribution in [-0.4, -0.2) is 22.4 Å². The average Bonchev–Trinajstić information content (AvgIpc) is 2.92. The minimum atomic E-state index is -0.353. The van der Waals surface area contributed by atoms with Gasteiger partial charge < -0.3 is 4.74 Å². The zero-order chi connectivity index (χ0) is 16.1. The Morgan fingerprint density at radius 1 is 1.13 bits per heavy atom. The zero-order valence-electron chi connectivity index (χ0n) is 13.0. The number of ether oxygens (including phenoxy) is 1. The molecule has 0 bridgehead atoms. The van der Waals surface area contributed by atoms with Crippen molar-refractivity contribution in [2.24, 2.45) is 0 Å². The van der Waals surface area contributed by atoms with E-state index in [1.54, 1.807) is 13.0 Å². The summed E-state index contributed by atoms with van der Waals surface area (Å²) in [6, 6.07) is 18.2. The smallest absolute Gasteiger partial charge is 0.330 e. The number of rotatable bonds is 5. The first-order valence-electron chi connectivity index (χ1n) is 7.62. The zero-order valence-corrected chi connectivity index (χ0v) is 13.0. The summed E-state index contributed by atoms with van der Waals surface area (Å²) in [5.41, 5.74) is 2.99. The van der Waals surface area contributed by atoms with Gasteiger partial charge >= 0.3 is 5.97 Å². The van der Waals surface area contributed by atoms with Gasteiger partial charge in [0.25, 0.3) is 0 Å². The molecule has 0 saturated heterocycles. The predicted molar refractivity (Wildman–Crippen MR) is 90.9 cm³/mol. The second-order valence-electron chi connectivity index (χ2n) is 5.13. The van der Waals surface area contributed by atoms with Gasteiger partial charge in [0.2, 0.25) is 0 Å². The quantitative estimate of drug-likeness (QED) is 0.534. The number of esters is 1. The van der Waals surface area contributed by atoms with E-state index in [0.29, 0.717) is 13.2 Å². The Morgan fingerprint density at radius 3 is 2.65 bits per heavy atom. The second-order valence-corrected chi connectivity index (χ2v) is 5.13. The molecule has 0 aliphatic carbocycles. The van der Waals surface area contributed by atoms with Crippen LogP contribution in [0.4, 0.5) is 0 Å². The number of benzene rings is 2. The summed E-state index contributed by atoms with van der Waals surface area (Å²) in [5, 5.41) is 5.66. The van der Waals surface area contributed by atoms with Crippen LogP contribution in [0.1, 0.15) is 18.2 Å². The molecule has 0 spiro atoms. The number of carbonyl (C=O) groups excluding carboxylic acids is 1. The van der Waals surface area contributed by atoms with Crippen LogP contribution in [0.5, 0.6) is 0 Å². The van der Waals surface area contributed by atoms with Gasteiger partial charge in [-0.15, -0.1) is 0 Å². The van der Waals surface area contributed by atoms with Gasteiger partial charge in [-0.05, 0) is 24.6 Å². The normalized spacial score (nSPS) is 11.2. The van der Waals surface area contributed by atoms with Crippen molar-refractivity contribution in [2.45, 2.75) is 13.5 Å². The number of hydrogen-bond acceptors (Lipinski definition) is 3. The van der Waals surface area contributed by atoms with Gasteiger partial charge in [0.05, 0.1) is 24.4 Å². The third-order valence-corrected chi connectivity index (χ3v) is 3.53. The molecule has 0 radical (unpaired) electrons. The lowest BCUT2D eigenvalue weighted by atomic mass is 10.2. The highest BCUT2D eigenvalue weighted by molar-refractivity contribution is 5.92. The molecule has 116 valence electrons. The number of carbonyl (C=O) groups is 1. The third kappa shape index (κ3) is 3.48. The first-order chi connectivity index (χ1) is 11.3. The molecule has 0 unspecified atom stereocenters. The van der Waals surface area contributed by atoms with E-state index in [1.165, 1.54) is 11.6 Å². The summed E-state index contributed by atoms with van der Waals surface area (Å²) in [7, 11) is 0. The maximum absolute atomic E-state index is 11.5. The van der Waals surface area contributed by atoms with Crippen LogP contribution in [0.25, 0.3) is 17.0 Å². The standard InChI is InChI=1S/C19H18N2O2/c1-2-23-19(22)13-12-17-16-10-6-7-11-18(16)21(20-17)14-15-8-4-3-5-9-15/h3-13H,2,14H2,1H3/b13-12+. The summed E-state index contributed by atoms with van der Waals surface area (Å²) in [6.45, 7) is 2.84. The van der Waals surface area contributed by atoms with Crippen LogP contribution < -0.4 is 0 Å². The maximum Gasteiger partial charge on any atom is 0.330 e. The van der Waals surface area contributed by atoms with Crippen molar-refractivity contribution in [1.29, 1.82) is 0 Å². The molecule has 3 aromatic rings. The van der Waals surface area contributed by atoms with Crippen molar-refractivity contribution in [3.8, 4) is 0 Å². The fourth-order valence-electron chi connectivity index (χ4n) is 2.49. The lowest BCUT2D eigenvalue weighted by molar-refractivity contribution is -0.137. The Labute approximate surface area is 135 Å². The van der Waals surface area contributed by atoms with E-state index in [2.05, 4.69) is 17.2 Å². The van der Waals surface area contributed by atoms with Gasteiger partial charge in [0.15, 0.2) is 0 Å². The Morgan fingerprint density at radius 2 is 1.87 bits per heavy atom. The largest absolute Gasteiger partial charge is 0.463 e. The molecule has 0 N–H and O–H groups in total. The van der Waals surface area contributed by atoms with Crippen molar-refractivity contribution in [1.82, 2.24) is 9.78 Å². The van der Waals surface area contributed by atoms with Gasteiger partial charge in [-0.3, -0.25) is 4.68 Å². The first kappa shape index (κ1) is 15.0. The highest BCUT2D eigenvalue weighted by atomic mass is 16.5. The molecule has 1 aromatic heterocycles. The van der Waals surface area contributed by atoms with Crippen molar-refractivity contribution in [3.05, 3.63) is 71.9 Å². The molecule has 0 amide bonds. The predicted octanol–water partition coefficient (Wildman–Crippen LogP) is 3.66. The SMILES string of the molecule is CCOC(=O)/C=C/c1nn(Cc2ccccc2)c2ccccc12. The molecule has 0 atom stereocenters. The molecule has 2 aromatic carbocycles. The number of fused-ring (bicyclic) bond motifs is 1. The van der Waals surface area contributed by atoms with Crippen LogP contribution >= 0.6 is 0 Å². The monoisotopic (exact) mass is 306 g/mol. The molecule has 1 heterocycles. The summed E-state index contributed by atoms with van der Waals surface area (Å²) in [4.78, 5) is 11.5. The Balaban J connectivity index is 1.95. The average molecular weight is 306 g/mol. The fourth-order valence-corrected chi connectivity index (χ4v) is 2.49. The number of aromatic nitrogens is 2. The van der Waals surface area contributed by atoms with Crippen molar-refractivity contribution < 1.29 is 9.53 Å². The van der Waals surface area contributed by atoms with Crippen LogP contribution in [0.15, 0.2) is 60.7 Å². The molecule has 23 heavy (non-hydrogen) atoms. The number of para-hydroxylation sites is 1. The summed E-state index contributed by atoms with van der Waals surface area (Å²) in [5.74, 6) is -0.353. The Kier molecular flexibility index (Phi) is 4.52. The topological polar surface area (TPSA) is 44.1 Å². The van der Waals surface area contributed by atoms with E-state index in [4.69, 9.17) is 4.74 Å². The molecule has 0 fully saturated rings. The van der Waals surface area contributed by atoms with Gasteiger partial charge in [0, 0.05) is 11.5 Å². The number of nitrogens with zero attached hydrogens (tertiary/aromatic N) is 2. The van der Waals surface area contributed by atoms with Crippen molar-refractivity contribution in [2.75, 3.05) is 6.61 Å². The van der Waals surface area contributed by atoms with Gasteiger partial charge in [-0.25, -0.2) is 4.79 Å². The first-order valence-corrected chi connectivity index (χ1v) is 7.62. The van der Waals surface area contributed by atoms with Crippen LogP contribution in [0.2, 0.25) is 0 Å². The molecule has 3 rings (SSSR count). The molecule has 0 aliphatic heterocycles. The summed E-state index contributed by atoms with van der Waals surface area (Å²) in [6.07, 6.45) is 3.13. The van der Waals surface area contributed by atoms with E-state index < -0.39 is 0 Å². The Hall–Kier alpha value is -2.88. The van der Waals surface area contributed by atoms with E-state index >= 15 is 0 Å². The van der Waals surface area contributed by atoms with Crippen molar-refractivity contribution >= 4 is 22.9 Å². The molecule has 4 heteroatoms. The van der Waals surface area contributed by atoms with Gasteiger partial charge in [-0.1, -0.05) is 48.5 Å². The highest BCUT2D eigenvalue weighted by Gasteiger charge is 2.08. The second kappa shape index (κ2) is 6.92. The van der Waals surface area contributed by atoms with Crippen LogP contribution in [0, 0.1) is 0 Å². The van der Waals surface area contributed by atoms with Crippen LogP contribution in [0.3, 0.4) is 0 Å². The van der Waals surface area contributed by atoms with E-state index in [0.717, 1.165) is 16.6 Å². The van der Waals surface area contributed by atoms with E-state index in [9.17, 15) is 4.79 Å². The van der Waals surface area contributed by atoms with Gasteiger partial charge in [-0.2, -0.15) is 5.10 Å². The lowest BCUT2D eigenvalue weighted by Crippen LogP contribution is -2.01. The molecule has 0 aliphatic rings. The van der Waals surface area contributed by atoms with Crippen LogP contribution in [-0.2, 0) is 16.1 Å². The fraction of sp³-hybridized carbons (Fsp3) is 0.158. The minimum absolute atomic E-state index is 0.353. The highest BCUT2D eigenvalue weighted by Crippen LogP contribution is 2.20. The summed E-state index contributed by atoms with van der Waals surface area (Å²) >= 11 is 0.